The van der Waals surface area contributed by atoms with Crippen molar-refractivity contribution in [3.63, 3.8) is 0 Å². The van der Waals surface area contributed by atoms with Crippen molar-refractivity contribution in [2.24, 2.45) is 11.1 Å². The second-order valence-corrected chi connectivity index (χ2v) is 6.34. The normalized spacial score (nSPS) is 23.0. The van der Waals surface area contributed by atoms with Gasteiger partial charge in [-0.15, -0.1) is 29.9 Å². The van der Waals surface area contributed by atoms with Crippen molar-refractivity contribution in [3.8, 4) is 0 Å². The van der Waals surface area contributed by atoms with Crippen LogP contribution < -0.4 is 10.6 Å². The molecule has 0 saturated carbocycles. The maximum atomic E-state index is 5.81. The Morgan fingerprint density at radius 1 is 1.32 bits per heavy atom. The maximum Gasteiger partial charge on any atom is 0.154 e. The molecule has 22 heavy (non-hydrogen) atoms. The summed E-state index contributed by atoms with van der Waals surface area (Å²) in [5.74, 6) is 1.05. The molecule has 1 unspecified atom stereocenters. The van der Waals surface area contributed by atoms with E-state index in [9.17, 15) is 0 Å². The van der Waals surface area contributed by atoms with Crippen LogP contribution in [0.25, 0.3) is 0 Å². The van der Waals surface area contributed by atoms with Gasteiger partial charge in [0.15, 0.2) is 5.82 Å². The van der Waals surface area contributed by atoms with Gasteiger partial charge in [-0.2, -0.15) is 5.10 Å². The number of nitrogens with two attached hydrogens (primary N) is 1. The van der Waals surface area contributed by atoms with Crippen LogP contribution >= 0.6 is 24.8 Å². The van der Waals surface area contributed by atoms with Crippen LogP contribution in [0.3, 0.4) is 0 Å². The summed E-state index contributed by atoms with van der Waals surface area (Å²) in [6, 6.07) is 0. The van der Waals surface area contributed by atoms with E-state index < -0.39 is 0 Å². The number of halogens is 2. The Hall–Kier alpha value is -0.620. The monoisotopic (exact) mass is 348 g/mol. The highest BCUT2D eigenvalue weighted by atomic mass is 35.5. The Balaban J connectivity index is 0.00000121. The highest BCUT2D eigenvalue weighted by molar-refractivity contribution is 5.85. The first-order valence-electron chi connectivity index (χ1n) is 7.49. The minimum Gasteiger partial charge on any atom is -0.376 e. The number of rotatable bonds is 2. The fourth-order valence-corrected chi connectivity index (χ4v) is 3.41. The van der Waals surface area contributed by atoms with Gasteiger partial charge in [-0.1, -0.05) is 0 Å². The van der Waals surface area contributed by atoms with Crippen molar-refractivity contribution in [2.75, 3.05) is 31.1 Å². The number of piperidine rings is 1. The Morgan fingerprint density at radius 3 is 2.59 bits per heavy atom. The lowest BCUT2D eigenvalue weighted by Crippen LogP contribution is -2.41. The van der Waals surface area contributed by atoms with Gasteiger partial charge in [0.25, 0.3) is 0 Å². The molecule has 2 aliphatic rings. The van der Waals surface area contributed by atoms with E-state index in [1.807, 2.05) is 6.20 Å². The van der Waals surface area contributed by atoms with Crippen LogP contribution in [0.15, 0.2) is 6.20 Å². The molecular formula is C15H26Cl2N4O. The molecule has 1 aromatic heterocycles. The predicted molar refractivity (Wildman–Crippen MR) is 93.3 cm³/mol. The third kappa shape index (κ3) is 3.65. The molecule has 126 valence electrons. The Bertz CT molecular complexity index is 492. The molecule has 5 nitrogen and oxygen atoms in total. The summed E-state index contributed by atoms with van der Waals surface area (Å²) in [6.07, 6.45) is 5.55. The van der Waals surface area contributed by atoms with E-state index in [1.165, 1.54) is 24.0 Å². The van der Waals surface area contributed by atoms with E-state index in [1.54, 1.807) is 0 Å². The SMILES string of the molecule is Cc1cnnc(N2CCC3(CC2)COC(CN)C3)c1C.Cl.Cl. The van der Waals surface area contributed by atoms with E-state index in [0.717, 1.165) is 31.9 Å². The summed E-state index contributed by atoms with van der Waals surface area (Å²) in [4.78, 5) is 2.37. The third-order valence-corrected chi connectivity index (χ3v) is 5.00. The molecule has 1 aromatic rings. The quantitative estimate of drug-likeness (QED) is 0.887. The largest absolute Gasteiger partial charge is 0.376 e. The van der Waals surface area contributed by atoms with Crippen LogP contribution in [0, 0.1) is 19.3 Å². The highest BCUT2D eigenvalue weighted by Crippen LogP contribution is 2.42. The number of hydrogen-bond acceptors (Lipinski definition) is 5. The molecular weight excluding hydrogens is 323 g/mol. The van der Waals surface area contributed by atoms with Gasteiger partial charge in [0.1, 0.15) is 0 Å². The van der Waals surface area contributed by atoms with Crippen molar-refractivity contribution in [1.82, 2.24) is 10.2 Å². The summed E-state index contributed by atoms with van der Waals surface area (Å²) in [7, 11) is 0. The Morgan fingerprint density at radius 2 is 2.00 bits per heavy atom. The van der Waals surface area contributed by atoms with Gasteiger partial charge in [0.2, 0.25) is 0 Å². The molecule has 3 heterocycles. The zero-order chi connectivity index (χ0) is 14.2. The number of ether oxygens (including phenoxy) is 1. The fraction of sp³-hybridized carbons (Fsp3) is 0.733. The molecule has 7 heteroatoms. The summed E-state index contributed by atoms with van der Waals surface area (Å²) < 4.78 is 5.81. The standard InChI is InChI=1S/C15H24N4O.2ClH/c1-11-9-17-18-14(12(11)2)19-5-3-15(4-6-19)7-13(8-16)20-10-15;;/h9,13H,3-8,10,16H2,1-2H3;2*1H. The Labute approximate surface area is 144 Å². The zero-order valence-electron chi connectivity index (χ0n) is 13.2. The average Bonchev–Trinajstić information content (AvgIpc) is 2.86. The smallest absolute Gasteiger partial charge is 0.154 e. The molecule has 3 rings (SSSR count). The summed E-state index contributed by atoms with van der Waals surface area (Å²) in [5, 5.41) is 8.44. The lowest BCUT2D eigenvalue weighted by Gasteiger charge is -2.39. The highest BCUT2D eigenvalue weighted by Gasteiger charge is 2.42. The van der Waals surface area contributed by atoms with Crippen LogP contribution in [0.5, 0.6) is 0 Å². The molecule has 0 aromatic carbocycles. The predicted octanol–water partition coefficient (Wildman–Crippen LogP) is 2.27. The van der Waals surface area contributed by atoms with Crippen LogP contribution in [0.2, 0.25) is 0 Å². The van der Waals surface area contributed by atoms with Crippen LogP contribution in [0.4, 0.5) is 5.82 Å². The first-order chi connectivity index (χ1) is 9.63. The maximum absolute atomic E-state index is 5.81. The van der Waals surface area contributed by atoms with Gasteiger partial charge in [-0.05, 0) is 49.7 Å². The lowest BCUT2D eigenvalue weighted by atomic mass is 9.76. The average molecular weight is 349 g/mol. The van der Waals surface area contributed by atoms with E-state index in [-0.39, 0.29) is 30.9 Å². The first kappa shape index (κ1) is 19.4. The topological polar surface area (TPSA) is 64.3 Å². The van der Waals surface area contributed by atoms with Gasteiger partial charge in [0.05, 0.1) is 18.9 Å². The minimum atomic E-state index is 0. The van der Waals surface area contributed by atoms with E-state index in [4.69, 9.17) is 10.5 Å². The molecule has 0 amide bonds. The molecule has 2 aliphatic heterocycles. The van der Waals surface area contributed by atoms with Crippen molar-refractivity contribution >= 4 is 30.6 Å². The number of nitrogens with zero attached hydrogens (tertiary/aromatic N) is 3. The summed E-state index contributed by atoms with van der Waals surface area (Å²) in [5.41, 5.74) is 8.54. The van der Waals surface area contributed by atoms with Crippen molar-refractivity contribution in [2.45, 2.75) is 39.2 Å². The number of aryl methyl sites for hydroxylation is 1. The minimum absolute atomic E-state index is 0. The second kappa shape index (κ2) is 7.77. The van der Waals surface area contributed by atoms with Crippen molar-refractivity contribution < 1.29 is 4.74 Å². The lowest BCUT2D eigenvalue weighted by molar-refractivity contribution is 0.0926. The second-order valence-electron chi connectivity index (χ2n) is 6.34. The first-order valence-corrected chi connectivity index (χ1v) is 7.49. The number of aromatic nitrogens is 2. The molecule has 2 N–H and O–H groups in total. The van der Waals surface area contributed by atoms with E-state index >= 15 is 0 Å². The molecule has 1 atom stereocenters. The molecule has 2 saturated heterocycles. The molecule has 0 radical (unpaired) electrons. The van der Waals surface area contributed by atoms with Crippen LogP contribution in [-0.2, 0) is 4.74 Å². The molecule has 0 bridgehead atoms. The summed E-state index contributed by atoms with van der Waals surface area (Å²) >= 11 is 0. The van der Waals surface area contributed by atoms with E-state index in [2.05, 4.69) is 28.9 Å². The van der Waals surface area contributed by atoms with Gasteiger partial charge in [0, 0.05) is 19.6 Å². The van der Waals surface area contributed by atoms with Crippen molar-refractivity contribution in [3.05, 3.63) is 17.3 Å². The van der Waals surface area contributed by atoms with Crippen molar-refractivity contribution in [1.29, 1.82) is 0 Å². The van der Waals surface area contributed by atoms with Gasteiger partial charge < -0.3 is 15.4 Å². The van der Waals surface area contributed by atoms with Gasteiger partial charge in [-0.3, -0.25) is 0 Å². The van der Waals surface area contributed by atoms with Gasteiger partial charge in [-0.25, -0.2) is 0 Å². The van der Waals surface area contributed by atoms with Crippen LogP contribution in [0.1, 0.15) is 30.4 Å². The molecule has 0 aliphatic carbocycles. The fourth-order valence-electron chi connectivity index (χ4n) is 3.41. The number of hydrogen-bond donors (Lipinski definition) is 1. The Kier molecular flexibility index (Phi) is 6.86. The van der Waals surface area contributed by atoms with E-state index in [0.29, 0.717) is 12.0 Å². The third-order valence-electron chi connectivity index (χ3n) is 5.00. The summed E-state index contributed by atoms with van der Waals surface area (Å²) in [6.45, 7) is 7.83. The number of anilines is 1. The molecule has 2 fully saturated rings. The molecule has 1 spiro atoms. The van der Waals surface area contributed by atoms with Crippen LogP contribution in [-0.4, -0.2) is 42.5 Å². The zero-order valence-corrected chi connectivity index (χ0v) is 14.9. The van der Waals surface area contributed by atoms with Gasteiger partial charge >= 0.3 is 0 Å².